The predicted octanol–water partition coefficient (Wildman–Crippen LogP) is 3.09. The van der Waals surface area contributed by atoms with Gasteiger partial charge in [0.1, 0.15) is 6.10 Å². The molecular formula is C21H21NO6. The van der Waals surface area contributed by atoms with Crippen LogP contribution in [0.3, 0.4) is 0 Å². The van der Waals surface area contributed by atoms with E-state index in [0.717, 1.165) is 52.7 Å². The highest BCUT2D eigenvalue weighted by atomic mass is 16.7. The lowest BCUT2D eigenvalue weighted by Crippen LogP contribution is -2.35. The molecule has 3 atom stereocenters. The number of ether oxygens (including phenoxy) is 6. The van der Waals surface area contributed by atoms with Crippen molar-refractivity contribution in [3.8, 4) is 23.0 Å². The third-order valence-corrected chi connectivity index (χ3v) is 6.09. The van der Waals surface area contributed by atoms with E-state index in [1.807, 2.05) is 6.07 Å². The van der Waals surface area contributed by atoms with E-state index in [2.05, 4.69) is 30.1 Å². The first kappa shape index (κ1) is 16.5. The Morgan fingerprint density at radius 2 is 1.75 bits per heavy atom. The number of rotatable bonds is 1. The SMILES string of the molecule is CO[C@@H]1O[C@@H]2c3cc4c(cc3CCN(C)[C@H]2c2ccc3c(c21)OCO3)OCO4. The summed E-state index contributed by atoms with van der Waals surface area (Å²) in [6.45, 7) is 1.39. The van der Waals surface area contributed by atoms with Gasteiger partial charge in [-0.25, -0.2) is 0 Å². The van der Waals surface area contributed by atoms with E-state index in [-0.39, 0.29) is 25.7 Å². The maximum absolute atomic E-state index is 6.53. The molecule has 7 heteroatoms. The van der Waals surface area contributed by atoms with Crippen molar-refractivity contribution in [1.82, 2.24) is 4.90 Å². The maximum atomic E-state index is 6.53. The molecule has 2 aromatic carbocycles. The zero-order valence-corrected chi connectivity index (χ0v) is 15.8. The zero-order valence-electron chi connectivity index (χ0n) is 15.8. The predicted molar refractivity (Wildman–Crippen MR) is 97.8 cm³/mol. The summed E-state index contributed by atoms with van der Waals surface area (Å²) < 4.78 is 34.8. The molecule has 0 saturated carbocycles. The minimum Gasteiger partial charge on any atom is -0.454 e. The molecule has 7 nitrogen and oxygen atoms in total. The van der Waals surface area contributed by atoms with Gasteiger partial charge in [0.05, 0.1) is 11.6 Å². The lowest BCUT2D eigenvalue weighted by atomic mass is 9.87. The Bertz CT molecular complexity index is 960. The van der Waals surface area contributed by atoms with Crippen LogP contribution in [0.4, 0.5) is 0 Å². The molecular weight excluding hydrogens is 362 g/mol. The highest BCUT2D eigenvalue weighted by Crippen LogP contribution is 2.55. The van der Waals surface area contributed by atoms with Crippen LogP contribution in [0.1, 0.15) is 40.7 Å². The summed E-state index contributed by atoms with van der Waals surface area (Å²) in [7, 11) is 3.79. The standard InChI is InChI=1S/C21H21NO6/c1-22-6-5-11-7-15-16(26-9-25-15)8-13(11)19-18(22)12-3-4-14-20(27-10-24-14)17(12)21(23-2)28-19/h3-4,7-8,18-19,21H,5-6,9-10H2,1-2H3/t18-,19+,21+/m0/s1. The molecule has 0 fully saturated rings. The second kappa shape index (κ2) is 6.01. The first-order valence-electron chi connectivity index (χ1n) is 9.48. The molecule has 6 rings (SSSR count). The van der Waals surface area contributed by atoms with Gasteiger partial charge in [0, 0.05) is 13.7 Å². The topological polar surface area (TPSA) is 58.6 Å². The Kier molecular flexibility index (Phi) is 3.53. The summed E-state index contributed by atoms with van der Waals surface area (Å²) in [5.41, 5.74) is 4.43. The van der Waals surface area contributed by atoms with Crippen molar-refractivity contribution in [3.63, 3.8) is 0 Å². The Labute approximate surface area is 162 Å². The van der Waals surface area contributed by atoms with Gasteiger partial charge in [-0.3, -0.25) is 4.90 Å². The van der Waals surface area contributed by atoms with Crippen molar-refractivity contribution < 1.29 is 28.4 Å². The van der Waals surface area contributed by atoms with Crippen molar-refractivity contribution >= 4 is 0 Å². The van der Waals surface area contributed by atoms with Gasteiger partial charge in [0.25, 0.3) is 0 Å². The number of fused-ring (bicyclic) bond motifs is 8. The number of nitrogens with zero attached hydrogens (tertiary/aromatic N) is 1. The normalized spacial score (nSPS) is 27.0. The summed E-state index contributed by atoms with van der Waals surface area (Å²) in [6, 6.07) is 8.30. The van der Waals surface area contributed by atoms with Gasteiger partial charge in [-0.1, -0.05) is 6.07 Å². The van der Waals surface area contributed by atoms with Gasteiger partial charge in [0.2, 0.25) is 13.6 Å². The van der Waals surface area contributed by atoms with Crippen LogP contribution in [0.2, 0.25) is 0 Å². The van der Waals surface area contributed by atoms with E-state index >= 15 is 0 Å². The van der Waals surface area contributed by atoms with Gasteiger partial charge in [-0.05, 0) is 48.4 Å². The molecule has 0 radical (unpaired) electrons. The van der Waals surface area contributed by atoms with Crippen LogP contribution >= 0.6 is 0 Å². The first-order chi connectivity index (χ1) is 13.7. The quantitative estimate of drug-likeness (QED) is 0.750. The minimum absolute atomic E-state index is 0.0394. The van der Waals surface area contributed by atoms with Crippen molar-refractivity contribution in [1.29, 1.82) is 0 Å². The zero-order chi connectivity index (χ0) is 18.8. The van der Waals surface area contributed by atoms with Crippen molar-refractivity contribution in [2.24, 2.45) is 0 Å². The highest BCUT2D eigenvalue weighted by molar-refractivity contribution is 5.56. The van der Waals surface area contributed by atoms with Gasteiger partial charge >= 0.3 is 0 Å². The fraction of sp³-hybridized carbons (Fsp3) is 0.429. The lowest BCUT2D eigenvalue weighted by molar-refractivity contribution is -0.190. The Balaban J connectivity index is 1.54. The van der Waals surface area contributed by atoms with Gasteiger partial charge in [0.15, 0.2) is 29.3 Å². The van der Waals surface area contributed by atoms with Gasteiger partial charge < -0.3 is 28.4 Å². The molecule has 0 amide bonds. The van der Waals surface area contributed by atoms with E-state index in [4.69, 9.17) is 28.4 Å². The fourth-order valence-corrected chi connectivity index (χ4v) is 4.75. The minimum atomic E-state index is -0.530. The second-order valence-corrected chi connectivity index (χ2v) is 7.51. The third-order valence-electron chi connectivity index (χ3n) is 6.09. The lowest BCUT2D eigenvalue weighted by Gasteiger charge is -2.41. The largest absolute Gasteiger partial charge is 0.454 e. The molecule has 0 unspecified atom stereocenters. The highest BCUT2D eigenvalue weighted by Gasteiger charge is 2.44. The third kappa shape index (κ3) is 2.21. The molecule has 0 saturated heterocycles. The number of hydrogen-bond acceptors (Lipinski definition) is 7. The van der Waals surface area contributed by atoms with E-state index in [9.17, 15) is 0 Å². The molecule has 4 heterocycles. The van der Waals surface area contributed by atoms with E-state index in [1.54, 1.807) is 7.11 Å². The Morgan fingerprint density at radius 3 is 2.61 bits per heavy atom. The molecule has 0 spiro atoms. The van der Waals surface area contributed by atoms with Crippen LogP contribution in [0.15, 0.2) is 24.3 Å². The average Bonchev–Trinajstić information content (AvgIpc) is 3.35. The van der Waals surface area contributed by atoms with Gasteiger partial charge in [-0.15, -0.1) is 0 Å². The van der Waals surface area contributed by atoms with Crippen LogP contribution in [-0.4, -0.2) is 39.2 Å². The van der Waals surface area contributed by atoms with Crippen LogP contribution < -0.4 is 18.9 Å². The molecule has 0 N–H and O–H groups in total. The number of benzene rings is 2. The molecule has 4 aliphatic rings. The van der Waals surface area contributed by atoms with E-state index < -0.39 is 6.29 Å². The smallest absolute Gasteiger partial charge is 0.231 e. The van der Waals surface area contributed by atoms with Crippen LogP contribution in [0.5, 0.6) is 23.0 Å². The molecule has 0 aliphatic carbocycles. The number of hydrogen-bond donors (Lipinski definition) is 0. The van der Waals surface area contributed by atoms with Crippen LogP contribution in [0, 0.1) is 0 Å². The molecule has 28 heavy (non-hydrogen) atoms. The van der Waals surface area contributed by atoms with E-state index in [1.165, 1.54) is 5.56 Å². The summed E-state index contributed by atoms with van der Waals surface area (Å²) >= 11 is 0. The van der Waals surface area contributed by atoms with Crippen LogP contribution in [0.25, 0.3) is 0 Å². The fourth-order valence-electron chi connectivity index (χ4n) is 4.75. The Morgan fingerprint density at radius 1 is 0.964 bits per heavy atom. The van der Waals surface area contributed by atoms with Crippen molar-refractivity contribution in [3.05, 3.63) is 46.5 Å². The summed E-state index contributed by atoms with van der Waals surface area (Å²) in [5.74, 6) is 3.05. The van der Waals surface area contributed by atoms with Crippen molar-refractivity contribution in [2.75, 3.05) is 34.3 Å². The molecule has 0 bridgehead atoms. The van der Waals surface area contributed by atoms with Crippen molar-refractivity contribution in [2.45, 2.75) is 24.9 Å². The average molecular weight is 383 g/mol. The number of likely N-dealkylation sites (N-methyl/N-ethyl adjacent to an activating group) is 1. The molecule has 146 valence electrons. The first-order valence-corrected chi connectivity index (χ1v) is 9.48. The molecule has 2 aromatic rings. The summed E-state index contributed by atoms with van der Waals surface area (Å²) in [4.78, 5) is 2.34. The summed E-state index contributed by atoms with van der Waals surface area (Å²) in [6.07, 6.45) is 0.198. The van der Waals surface area contributed by atoms with E-state index in [0.29, 0.717) is 0 Å². The van der Waals surface area contributed by atoms with Crippen LogP contribution in [-0.2, 0) is 15.9 Å². The number of methoxy groups -OCH3 is 1. The van der Waals surface area contributed by atoms with Gasteiger partial charge in [-0.2, -0.15) is 0 Å². The second-order valence-electron chi connectivity index (χ2n) is 7.51. The summed E-state index contributed by atoms with van der Waals surface area (Å²) in [5, 5.41) is 0. The maximum Gasteiger partial charge on any atom is 0.231 e. The molecule has 0 aromatic heterocycles. The monoisotopic (exact) mass is 383 g/mol. The Hall–Kier alpha value is -2.48. The molecule has 4 aliphatic heterocycles.